The lowest BCUT2D eigenvalue weighted by atomic mass is 10.3. The molecule has 0 fully saturated rings. The minimum Gasteiger partial charge on any atom is -0.243 e. The van der Waals surface area contributed by atoms with E-state index in [1.807, 2.05) is 0 Å². The van der Waals surface area contributed by atoms with Gasteiger partial charge in [0.1, 0.15) is 5.82 Å². The molecule has 0 aliphatic heterocycles. The lowest BCUT2D eigenvalue weighted by Crippen LogP contribution is -1.99. The number of alkyl halides is 2. The third kappa shape index (κ3) is 2.36. The highest BCUT2D eigenvalue weighted by Gasteiger charge is 2.19. The molecular formula is C6H3ClF3NO2S. The first-order chi connectivity index (χ1) is 6.32. The van der Waals surface area contributed by atoms with Crippen molar-refractivity contribution in [1.29, 1.82) is 0 Å². The highest BCUT2D eigenvalue weighted by molar-refractivity contribution is 8.13. The van der Waals surface area contributed by atoms with Gasteiger partial charge in [-0.2, -0.15) is 0 Å². The van der Waals surface area contributed by atoms with E-state index in [4.69, 9.17) is 10.7 Å². The molecule has 0 aliphatic carbocycles. The number of halogens is 4. The summed E-state index contributed by atoms with van der Waals surface area (Å²) < 4.78 is 58.0. The van der Waals surface area contributed by atoms with Crippen molar-refractivity contribution >= 4 is 19.7 Å². The van der Waals surface area contributed by atoms with Crippen LogP contribution in [-0.2, 0) is 9.05 Å². The van der Waals surface area contributed by atoms with E-state index >= 15 is 0 Å². The predicted molar refractivity (Wildman–Crippen MR) is 42.2 cm³/mol. The summed E-state index contributed by atoms with van der Waals surface area (Å²) >= 11 is 0. The number of pyridine rings is 1. The van der Waals surface area contributed by atoms with Gasteiger partial charge in [0.05, 0.1) is 5.56 Å². The van der Waals surface area contributed by atoms with Crippen LogP contribution in [0.5, 0.6) is 0 Å². The molecule has 1 rings (SSSR count). The second-order valence-electron chi connectivity index (χ2n) is 2.28. The maximum Gasteiger partial charge on any atom is 0.278 e. The van der Waals surface area contributed by atoms with Gasteiger partial charge in [0, 0.05) is 22.9 Å². The molecule has 0 aliphatic rings. The Hall–Kier alpha value is -0.820. The van der Waals surface area contributed by atoms with Crippen LogP contribution in [0.2, 0.25) is 0 Å². The maximum absolute atomic E-state index is 12.8. The lowest BCUT2D eigenvalue weighted by molar-refractivity contribution is 0.145. The van der Waals surface area contributed by atoms with Crippen molar-refractivity contribution in [2.24, 2.45) is 0 Å². The molecule has 0 aromatic carbocycles. The average Bonchev–Trinajstić information content (AvgIpc) is 2.01. The second-order valence-corrected chi connectivity index (χ2v) is 4.80. The normalized spacial score (nSPS) is 12.1. The van der Waals surface area contributed by atoms with Crippen molar-refractivity contribution in [3.05, 3.63) is 23.6 Å². The molecule has 0 radical (unpaired) electrons. The van der Waals surface area contributed by atoms with Gasteiger partial charge in [-0.15, -0.1) is 0 Å². The van der Waals surface area contributed by atoms with E-state index < -0.39 is 31.9 Å². The lowest BCUT2D eigenvalue weighted by Gasteiger charge is -2.01. The summed E-state index contributed by atoms with van der Waals surface area (Å²) in [7, 11) is 0.626. The van der Waals surface area contributed by atoms with E-state index in [0.717, 1.165) is 0 Å². The highest BCUT2D eigenvalue weighted by Crippen LogP contribution is 2.23. The molecule has 3 nitrogen and oxygen atoms in total. The van der Waals surface area contributed by atoms with Gasteiger partial charge in [0.25, 0.3) is 15.5 Å². The zero-order valence-corrected chi connectivity index (χ0v) is 7.99. The highest BCUT2D eigenvalue weighted by atomic mass is 35.7. The number of rotatable bonds is 2. The Morgan fingerprint density at radius 2 is 2.00 bits per heavy atom. The van der Waals surface area contributed by atoms with Crippen LogP contribution in [0, 0.1) is 5.82 Å². The van der Waals surface area contributed by atoms with Gasteiger partial charge in [-0.25, -0.2) is 26.6 Å². The summed E-state index contributed by atoms with van der Waals surface area (Å²) in [6, 6.07) is 0.351. The van der Waals surface area contributed by atoms with Crippen LogP contribution >= 0.6 is 10.7 Å². The minimum absolute atomic E-state index is 0.351. The number of aromatic nitrogens is 1. The molecular weight excluding hydrogens is 243 g/mol. The molecule has 0 atom stereocenters. The average molecular weight is 246 g/mol. The zero-order chi connectivity index (χ0) is 10.9. The fraction of sp³-hybridized carbons (Fsp3) is 0.167. The van der Waals surface area contributed by atoms with E-state index in [-0.39, 0.29) is 0 Å². The van der Waals surface area contributed by atoms with Crippen molar-refractivity contribution in [2.75, 3.05) is 0 Å². The summed E-state index contributed by atoms with van der Waals surface area (Å²) in [5, 5.41) is -0.791. The molecule has 0 saturated carbocycles. The largest absolute Gasteiger partial charge is 0.278 e. The van der Waals surface area contributed by atoms with Crippen LogP contribution < -0.4 is 0 Å². The predicted octanol–water partition coefficient (Wildman–Crippen LogP) is 2.09. The fourth-order valence-corrected chi connectivity index (χ4v) is 1.39. The smallest absolute Gasteiger partial charge is 0.243 e. The molecule has 0 unspecified atom stereocenters. The fourth-order valence-electron chi connectivity index (χ4n) is 0.718. The van der Waals surface area contributed by atoms with E-state index in [1.165, 1.54) is 0 Å². The van der Waals surface area contributed by atoms with Crippen LogP contribution in [-0.4, -0.2) is 13.4 Å². The van der Waals surface area contributed by atoms with Gasteiger partial charge in [-0.05, 0) is 0 Å². The summed E-state index contributed by atoms with van der Waals surface area (Å²) in [4.78, 5) is 3.09. The Morgan fingerprint density at radius 3 is 2.36 bits per heavy atom. The van der Waals surface area contributed by atoms with E-state index in [1.54, 1.807) is 0 Å². The second kappa shape index (κ2) is 3.74. The Balaban J connectivity index is 3.27. The first-order valence-corrected chi connectivity index (χ1v) is 5.51. The number of nitrogens with zero attached hydrogens (tertiary/aromatic N) is 1. The van der Waals surface area contributed by atoms with Crippen LogP contribution in [0.25, 0.3) is 0 Å². The molecule has 78 valence electrons. The first kappa shape index (κ1) is 11.3. The van der Waals surface area contributed by atoms with E-state index in [2.05, 4.69) is 4.98 Å². The van der Waals surface area contributed by atoms with Crippen LogP contribution in [0.15, 0.2) is 17.3 Å². The monoisotopic (exact) mass is 245 g/mol. The van der Waals surface area contributed by atoms with E-state index in [9.17, 15) is 21.6 Å². The van der Waals surface area contributed by atoms with Gasteiger partial charge in [0.2, 0.25) is 0 Å². The molecule has 0 N–H and O–H groups in total. The number of hydrogen-bond acceptors (Lipinski definition) is 3. The molecule has 8 heteroatoms. The van der Waals surface area contributed by atoms with Crippen molar-refractivity contribution in [1.82, 2.24) is 4.98 Å². The van der Waals surface area contributed by atoms with Crippen LogP contribution in [0.3, 0.4) is 0 Å². The van der Waals surface area contributed by atoms with Crippen LogP contribution in [0.1, 0.15) is 12.0 Å². The molecule has 14 heavy (non-hydrogen) atoms. The minimum atomic E-state index is -4.19. The third-order valence-corrected chi connectivity index (χ3v) is 2.54. The van der Waals surface area contributed by atoms with Crippen molar-refractivity contribution < 1.29 is 21.6 Å². The SMILES string of the molecule is O=S(=O)(Cl)c1cc(F)c(C(F)F)cn1. The molecule has 0 saturated heterocycles. The molecule has 1 heterocycles. The molecule has 1 aromatic heterocycles. The van der Waals surface area contributed by atoms with Gasteiger partial charge in [0.15, 0.2) is 5.03 Å². The number of hydrogen-bond donors (Lipinski definition) is 0. The Morgan fingerprint density at radius 1 is 1.43 bits per heavy atom. The summed E-state index contributed by atoms with van der Waals surface area (Å²) in [6.07, 6.45) is -2.61. The van der Waals surface area contributed by atoms with Gasteiger partial charge >= 0.3 is 0 Å². The zero-order valence-electron chi connectivity index (χ0n) is 6.42. The Labute approximate surface area is 81.9 Å². The standard InChI is InChI=1S/C6H3ClF3NO2S/c7-14(12,13)5-1-4(8)3(2-11-5)6(9)10/h1-2,6H. The Bertz CT molecular complexity index is 448. The van der Waals surface area contributed by atoms with Crippen molar-refractivity contribution in [3.63, 3.8) is 0 Å². The summed E-state index contributed by atoms with van der Waals surface area (Å²) in [5.74, 6) is -1.35. The Kier molecular flexibility index (Phi) is 3.01. The summed E-state index contributed by atoms with van der Waals surface area (Å²) in [6.45, 7) is 0. The molecule has 0 spiro atoms. The van der Waals surface area contributed by atoms with Gasteiger partial charge in [-0.1, -0.05) is 0 Å². The van der Waals surface area contributed by atoms with Gasteiger partial charge < -0.3 is 0 Å². The van der Waals surface area contributed by atoms with Crippen molar-refractivity contribution in [2.45, 2.75) is 11.5 Å². The maximum atomic E-state index is 12.8. The topological polar surface area (TPSA) is 47.0 Å². The molecule has 1 aromatic rings. The summed E-state index contributed by atoms with van der Waals surface area (Å²) in [5.41, 5.74) is -0.964. The first-order valence-electron chi connectivity index (χ1n) is 3.20. The quantitative estimate of drug-likeness (QED) is 0.750. The van der Waals surface area contributed by atoms with E-state index in [0.29, 0.717) is 12.3 Å². The molecule has 0 amide bonds. The molecule has 0 bridgehead atoms. The van der Waals surface area contributed by atoms with Gasteiger partial charge in [-0.3, -0.25) is 0 Å². The van der Waals surface area contributed by atoms with Crippen LogP contribution in [0.4, 0.5) is 13.2 Å². The third-order valence-electron chi connectivity index (χ3n) is 1.34. The van der Waals surface area contributed by atoms with Crippen molar-refractivity contribution in [3.8, 4) is 0 Å².